The van der Waals surface area contributed by atoms with Gasteiger partial charge in [0.2, 0.25) is 5.91 Å². The van der Waals surface area contributed by atoms with Crippen LogP contribution in [-0.2, 0) is 17.3 Å². The lowest BCUT2D eigenvalue weighted by atomic mass is 9.69. The zero-order chi connectivity index (χ0) is 15.3. The fourth-order valence-electron chi connectivity index (χ4n) is 3.91. The summed E-state index contributed by atoms with van der Waals surface area (Å²) >= 11 is 0. The van der Waals surface area contributed by atoms with Gasteiger partial charge in [0.25, 0.3) is 0 Å². The van der Waals surface area contributed by atoms with Crippen molar-refractivity contribution in [3.8, 4) is 0 Å². The van der Waals surface area contributed by atoms with Crippen molar-refractivity contribution in [2.75, 3.05) is 5.32 Å². The minimum atomic E-state index is -0.469. The monoisotopic (exact) mass is 297 g/mol. The molecule has 3 atom stereocenters. The fraction of sp³-hybridized carbons (Fsp3) is 0.438. The van der Waals surface area contributed by atoms with E-state index in [4.69, 9.17) is 0 Å². The van der Waals surface area contributed by atoms with Crippen LogP contribution in [0.1, 0.15) is 37.1 Å². The molecule has 2 aliphatic rings. The van der Waals surface area contributed by atoms with E-state index >= 15 is 0 Å². The Bertz CT molecular complexity index is 740. The lowest BCUT2D eigenvalue weighted by molar-refractivity contribution is -0.122. The van der Waals surface area contributed by atoms with Crippen LogP contribution in [0.5, 0.6) is 0 Å². The van der Waals surface area contributed by atoms with E-state index in [2.05, 4.69) is 33.9 Å². The first-order valence-electron chi connectivity index (χ1n) is 7.62. The van der Waals surface area contributed by atoms with Crippen LogP contribution in [0.15, 0.2) is 30.5 Å². The predicted octanol–water partition coefficient (Wildman–Crippen LogP) is 1.52. The first kappa shape index (κ1) is 13.5. The van der Waals surface area contributed by atoms with Crippen molar-refractivity contribution < 1.29 is 4.79 Å². The molecule has 0 radical (unpaired) electrons. The van der Waals surface area contributed by atoms with Crippen molar-refractivity contribution in [3.05, 3.63) is 41.7 Å². The zero-order valence-corrected chi connectivity index (χ0v) is 12.7. The molecule has 6 heteroatoms. The SMILES string of the molecule is C[C@H]1C[C@@]2(C[C@@H](c3cn(C)nn3)N1)C(=O)Nc1ccccc12. The summed E-state index contributed by atoms with van der Waals surface area (Å²) in [7, 11) is 1.86. The highest BCUT2D eigenvalue weighted by Crippen LogP contribution is 2.48. The number of hydrogen-bond donors (Lipinski definition) is 2. The summed E-state index contributed by atoms with van der Waals surface area (Å²) in [6, 6.07) is 8.28. The van der Waals surface area contributed by atoms with Gasteiger partial charge in [0.05, 0.1) is 17.2 Å². The van der Waals surface area contributed by atoms with Crippen LogP contribution in [0.4, 0.5) is 5.69 Å². The van der Waals surface area contributed by atoms with Gasteiger partial charge < -0.3 is 10.6 Å². The van der Waals surface area contributed by atoms with E-state index in [1.165, 1.54) is 0 Å². The maximum Gasteiger partial charge on any atom is 0.235 e. The predicted molar refractivity (Wildman–Crippen MR) is 82.3 cm³/mol. The van der Waals surface area contributed by atoms with Gasteiger partial charge in [-0.1, -0.05) is 23.4 Å². The number of para-hydroxylation sites is 1. The highest BCUT2D eigenvalue weighted by molar-refractivity contribution is 6.06. The average Bonchev–Trinajstić information content (AvgIpc) is 3.03. The molecule has 3 heterocycles. The van der Waals surface area contributed by atoms with Gasteiger partial charge in [0.1, 0.15) is 0 Å². The Kier molecular flexibility index (Phi) is 2.84. The average molecular weight is 297 g/mol. The first-order valence-corrected chi connectivity index (χ1v) is 7.62. The van der Waals surface area contributed by atoms with Crippen LogP contribution < -0.4 is 10.6 Å². The third kappa shape index (κ3) is 1.87. The molecule has 0 aliphatic carbocycles. The van der Waals surface area contributed by atoms with Crippen LogP contribution in [0.2, 0.25) is 0 Å². The molecule has 22 heavy (non-hydrogen) atoms. The number of amides is 1. The van der Waals surface area contributed by atoms with Gasteiger partial charge in [-0.05, 0) is 31.4 Å². The molecule has 1 fully saturated rings. The number of carbonyl (C=O) groups is 1. The standard InChI is InChI=1S/C16H19N5O/c1-10-7-16(8-13(17-10)14-9-21(2)20-19-14)11-5-3-4-6-12(11)18-15(16)22/h3-6,9-10,13,17H,7-8H2,1-2H3,(H,18,22)/t10-,13-,16-/m0/s1. The molecule has 1 amide bonds. The molecule has 0 bridgehead atoms. The minimum Gasteiger partial charge on any atom is -0.325 e. The van der Waals surface area contributed by atoms with Crippen LogP contribution in [0.25, 0.3) is 0 Å². The summed E-state index contributed by atoms with van der Waals surface area (Å²) in [6.07, 6.45) is 3.42. The maximum absolute atomic E-state index is 12.8. The molecule has 114 valence electrons. The van der Waals surface area contributed by atoms with E-state index in [1.807, 2.05) is 31.4 Å². The van der Waals surface area contributed by atoms with Crippen LogP contribution >= 0.6 is 0 Å². The lowest BCUT2D eigenvalue weighted by Crippen LogP contribution is -2.50. The second-order valence-corrected chi connectivity index (χ2v) is 6.43. The van der Waals surface area contributed by atoms with E-state index in [0.717, 1.165) is 23.4 Å². The normalized spacial score (nSPS) is 30.4. The van der Waals surface area contributed by atoms with Crippen molar-refractivity contribution in [2.45, 2.75) is 37.3 Å². The zero-order valence-electron chi connectivity index (χ0n) is 12.7. The Morgan fingerprint density at radius 1 is 1.32 bits per heavy atom. The summed E-state index contributed by atoms with van der Waals surface area (Å²) < 4.78 is 1.70. The van der Waals surface area contributed by atoms with E-state index in [1.54, 1.807) is 4.68 Å². The van der Waals surface area contributed by atoms with Crippen LogP contribution in [0.3, 0.4) is 0 Å². The topological polar surface area (TPSA) is 71.8 Å². The number of aryl methyl sites for hydroxylation is 1. The number of piperidine rings is 1. The number of nitrogens with zero attached hydrogens (tertiary/aromatic N) is 3. The van der Waals surface area contributed by atoms with Crippen LogP contribution in [-0.4, -0.2) is 26.9 Å². The van der Waals surface area contributed by atoms with Crippen LogP contribution in [0, 0.1) is 0 Å². The Balaban J connectivity index is 1.77. The van der Waals surface area contributed by atoms with Crippen molar-refractivity contribution in [1.82, 2.24) is 20.3 Å². The number of rotatable bonds is 1. The van der Waals surface area contributed by atoms with Gasteiger partial charge >= 0.3 is 0 Å². The van der Waals surface area contributed by atoms with Crippen molar-refractivity contribution in [1.29, 1.82) is 0 Å². The molecule has 2 N–H and O–H groups in total. The largest absolute Gasteiger partial charge is 0.325 e. The number of carbonyl (C=O) groups excluding carboxylic acids is 1. The third-order valence-corrected chi connectivity index (χ3v) is 4.80. The molecule has 6 nitrogen and oxygen atoms in total. The molecule has 2 aromatic rings. The molecule has 1 aromatic heterocycles. The third-order valence-electron chi connectivity index (χ3n) is 4.80. The quantitative estimate of drug-likeness (QED) is 0.837. The Morgan fingerprint density at radius 3 is 2.91 bits per heavy atom. The number of hydrogen-bond acceptors (Lipinski definition) is 4. The summed E-state index contributed by atoms with van der Waals surface area (Å²) in [4.78, 5) is 12.8. The number of anilines is 1. The minimum absolute atomic E-state index is 0.0364. The molecule has 1 spiro atoms. The van der Waals surface area contributed by atoms with E-state index < -0.39 is 5.41 Å². The molecule has 1 aromatic carbocycles. The highest BCUT2D eigenvalue weighted by atomic mass is 16.2. The Labute approximate surface area is 128 Å². The highest BCUT2D eigenvalue weighted by Gasteiger charge is 2.51. The van der Waals surface area contributed by atoms with Gasteiger partial charge in [0, 0.05) is 25.0 Å². The Hall–Kier alpha value is -2.21. The molecule has 0 saturated carbocycles. The van der Waals surface area contributed by atoms with Crippen molar-refractivity contribution >= 4 is 11.6 Å². The second-order valence-electron chi connectivity index (χ2n) is 6.43. The molecular formula is C16H19N5O. The van der Waals surface area contributed by atoms with Gasteiger partial charge in [-0.25, -0.2) is 0 Å². The molecule has 4 rings (SSSR count). The summed E-state index contributed by atoms with van der Waals surface area (Å²) in [5.74, 6) is 0.107. The Morgan fingerprint density at radius 2 is 2.14 bits per heavy atom. The van der Waals surface area contributed by atoms with Gasteiger partial charge in [-0.2, -0.15) is 0 Å². The fourth-order valence-corrected chi connectivity index (χ4v) is 3.91. The molecule has 1 saturated heterocycles. The van der Waals surface area contributed by atoms with Gasteiger partial charge in [-0.15, -0.1) is 5.10 Å². The summed E-state index contributed by atoms with van der Waals surface area (Å²) in [5, 5.41) is 14.8. The lowest BCUT2D eigenvalue weighted by Gasteiger charge is -2.40. The number of aromatic nitrogens is 3. The molecule has 0 unspecified atom stereocenters. The van der Waals surface area contributed by atoms with E-state index in [0.29, 0.717) is 6.42 Å². The maximum atomic E-state index is 12.8. The van der Waals surface area contributed by atoms with Gasteiger partial charge in [0.15, 0.2) is 0 Å². The number of nitrogens with one attached hydrogen (secondary N) is 2. The van der Waals surface area contributed by atoms with Gasteiger partial charge in [-0.3, -0.25) is 9.48 Å². The first-order chi connectivity index (χ1) is 10.6. The summed E-state index contributed by atoms with van der Waals surface area (Å²) in [6.45, 7) is 2.12. The molecular weight excluding hydrogens is 278 g/mol. The number of benzene rings is 1. The van der Waals surface area contributed by atoms with Crippen molar-refractivity contribution in [2.24, 2.45) is 7.05 Å². The van der Waals surface area contributed by atoms with Crippen molar-refractivity contribution in [3.63, 3.8) is 0 Å². The van der Waals surface area contributed by atoms with E-state index in [9.17, 15) is 4.79 Å². The smallest absolute Gasteiger partial charge is 0.235 e. The second kappa shape index (κ2) is 4.64. The number of fused-ring (bicyclic) bond motifs is 2. The molecule has 2 aliphatic heterocycles. The van der Waals surface area contributed by atoms with E-state index in [-0.39, 0.29) is 18.0 Å². The summed E-state index contributed by atoms with van der Waals surface area (Å²) in [5.41, 5.74) is 2.48.